The maximum Gasteiger partial charge on any atom is 0.241 e. The summed E-state index contributed by atoms with van der Waals surface area (Å²) in [7, 11) is 0. The van der Waals surface area contributed by atoms with Gasteiger partial charge in [0.25, 0.3) is 0 Å². The number of carbonyl (C=O) groups is 1. The van der Waals surface area contributed by atoms with Crippen molar-refractivity contribution in [2.45, 2.75) is 24.8 Å². The number of amides is 1. The van der Waals surface area contributed by atoms with Crippen molar-refractivity contribution < 1.29 is 9.32 Å². The Balaban J connectivity index is 1.19. The van der Waals surface area contributed by atoms with Gasteiger partial charge in [-0.05, 0) is 29.9 Å². The van der Waals surface area contributed by atoms with E-state index in [1.165, 1.54) is 0 Å². The van der Waals surface area contributed by atoms with Gasteiger partial charge in [-0.3, -0.25) is 9.69 Å². The zero-order valence-corrected chi connectivity index (χ0v) is 16.4. The normalized spacial score (nSPS) is 18.9. The molecule has 3 heterocycles. The highest BCUT2D eigenvalue weighted by Gasteiger charge is 2.53. The first-order valence-electron chi connectivity index (χ1n) is 9.68. The Morgan fingerprint density at radius 1 is 1.07 bits per heavy atom. The van der Waals surface area contributed by atoms with Crippen LogP contribution in [0, 0.1) is 0 Å². The van der Waals surface area contributed by atoms with Gasteiger partial charge in [0.05, 0.1) is 16.8 Å². The summed E-state index contributed by atoms with van der Waals surface area (Å²) < 4.78 is 5.41. The number of benzene rings is 1. The van der Waals surface area contributed by atoms with Crippen LogP contribution in [0.4, 0.5) is 0 Å². The van der Waals surface area contributed by atoms with Crippen LogP contribution in [0.2, 0.25) is 0 Å². The average molecular weight is 395 g/mol. The third-order valence-corrected chi connectivity index (χ3v) is 6.58. The molecule has 1 aliphatic carbocycles. The molecule has 3 aromatic rings. The number of carbonyl (C=O) groups excluding carboxylic acids is 1. The molecule has 1 saturated heterocycles. The molecule has 28 heavy (non-hydrogen) atoms. The zero-order valence-electron chi connectivity index (χ0n) is 15.6. The van der Waals surface area contributed by atoms with E-state index in [4.69, 9.17) is 4.52 Å². The van der Waals surface area contributed by atoms with E-state index in [0.29, 0.717) is 18.3 Å². The molecule has 0 bridgehead atoms. The zero-order chi connectivity index (χ0) is 19.0. The van der Waals surface area contributed by atoms with Gasteiger partial charge in [0.15, 0.2) is 0 Å². The molecule has 7 heteroatoms. The maximum atomic E-state index is 13.2. The molecule has 1 aromatic carbocycles. The van der Waals surface area contributed by atoms with Gasteiger partial charge in [0, 0.05) is 26.2 Å². The number of hydrogen-bond donors (Lipinski definition) is 0. The Kier molecular flexibility index (Phi) is 4.49. The minimum absolute atomic E-state index is 0.272. The lowest BCUT2D eigenvalue weighted by molar-refractivity contribution is -0.135. The first-order valence-corrected chi connectivity index (χ1v) is 10.6. The van der Waals surface area contributed by atoms with Gasteiger partial charge in [-0.15, -0.1) is 11.3 Å². The highest BCUT2D eigenvalue weighted by Crippen LogP contribution is 2.49. The monoisotopic (exact) mass is 394 g/mol. The number of aromatic nitrogens is 2. The fourth-order valence-corrected chi connectivity index (χ4v) is 4.59. The van der Waals surface area contributed by atoms with E-state index in [1.807, 2.05) is 40.6 Å². The Bertz CT molecular complexity index is 942. The molecule has 0 N–H and O–H groups in total. The topological polar surface area (TPSA) is 62.5 Å². The molecular formula is C21H22N4O2S. The maximum absolute atomic E-state index is 13.2. The third kappa shape index (κ3) is 3.25. The fourth-order valence-electron chi connectivity index (χ4n) is 3.94. The predicted octanol–water partition coefficient (Wildman–Crippen LogP) is 3.17. The van der Waals surface area contributed by atoms with E-state index in [9.17, 15) is 4.79 Å². The molecule has 144 valence electrons. The molecule has 2 aliphatic rings. The minimum Gasteiger partial charge on any atom is -0.339 e. The van der Waals surface area contributed by atoms with Crippen molar-refractivity contribution in [3.63, 3.8) is 0 Å². The molecule has 2 aromatic heterocycles. The first kappa shape index (κ1) is 17.6. The largest absolute Gasteiger partial charge is 0.339 e. The second kappa shape index (κ2) is 7.14. The van der Waals surface area contributed by atoms with Gasteiger partial charge in [-0.2, -0.15) is 4.98 Å². The van der Waals surface area contributed by atoms with Gasteiger partial charge in [0.2, 0.25) is 17.6 Å². The summed E-state index contributed by atoms with van der Waals surface area (Å²) in [6, 6.07) is 14.2. The molecule has 1 amide bonds. The van der Waals surface area contributed by atoms with Crippen LogP contribution >= 0.6 is 11.3 Å². The molecular weight excluding hydrogens is 372 g/mol. The van der Waals surface area contributed by atoms with E-state index in [0.717, 1.165) is 49.5 Å². The smallest absolute Gasteiger partial charge is 0.241 e. The van der Waals surface area contributed by atoms with Crippen LogP contribution in [-0.4, -0.2) is 52.0 Å². The van der Waals surface area contributed by atoms with Crippen LogP contribution in [0.1, 0.15) is 24.3 Å². The molecule has 0 unspecified atom stereocenters. The molecule has 2 fully saturated rings. The highest BCUT2D eigenvalue weighted by atomic mass is 32.1. The lowest BCUT2D eigenvalue weighted by Crippen LogP contribution is -2.51. The summed E-state index contributed by atoms with van der Waals surface area (Å²) in [6.45, 7) is 3.78. The Labute approximate surface area is 167 Å². The molecule has 1 saturated carbocycles. The van der Waals surface area contributed by atoms with Gasteiger partial charge in [-0.25, -0.2) is 0 Å². The number of nitrogens with zero attached hydrogens (tertiary/aromatic N) is 4. The molecule has 5 rings (SSSR count). The minimum atomic E-state index is -0.272. The van der Waals surface area contributed by atoms with E-state index >= 15 is 0 Å². The molecule has 0 radical (unpaired) electrons. The SMILES string of the molecule is O=C(N1CCN(Cc2nc(-c3cccs3)no2)CC1)C1(c2ccccc2)CC1. The van der Waals surface area contributed by atoms with E-state index in [2.05, 4.69) is 27.2 Å². The summed E-state index contributed by atoms with van der Waals surface area (Å²) in [4.78, 5) is 23.0. The summed E-state index contributed by atoms with van der Waals surface area (Å²) in [6.07, 6.45) is 1.92. The molecule has 0 spiro atoms. The molecule has 0 atom stereocenters. The van der Waals surface area contributed by atoms with Crippen molar-refractivity contribution in [1.82, 2.24) is 19.9 Å². The van der Waals surface area contributed by atoms with Gasteiger partial charge in [-0.1, -0.05) is 41.6 Å². The van der Waals surface area contributed by atoms with E-state index < -0.39 is 0 Å². The summed E-state index contributed by atoms with van der Waals surface area (Å²) in [5, 5.41) is 6.08. The van der Waals surface area contributed by atoms with Gasteiger partial charge < -0.3 is 9.42 Å². The van der Waals surface area contributed by atoms with Crippen molar-refractivity contribution in [1.29, 1.82) is 0 Å². The Hall–Kier alpha value is -2.51. The lowest BCUT2D eigenvalue weighted by atomic mass is 9.94. The highest BCUT2D eigenvalue weighted by molar-refractivity contribution is 7.13. The van der Waals surface area contributed by atoms with Crippen LogP contribution in [0.25, 0.3) is 10.7 Å². The van der Waals surface area contributed by atoms with Crippen LogP contribution in [0.15, 0.2) is 52.4 Å². The summed E-state index contributed by atoms with van der Waals surface area (Å²) in [5.74, 6) is 1.57. The first-order chi connectivity index (χ1) is 13.7. The number of thiophene rings is 1. The molecule has 1 aliphatic heterocycles. The Morgan fingerprint density at radius 2 is 1.86 bits per heavy atom. The van der Waals surface area contributed by atoms with Crippen LogP contribution in [0.5, 0.6) is 0 Å². The number of piperazine rings is 1. The number of hydrogen-bond acceptors (Lipinski definition) is 6. The van der Waals surface area contributed by atoms with E-state index in [1.54, 1.807) is 11.3 Å². The Morgan fingerprint density at radius 3 is 2.54 bits per heavy atom. The van der Waals surface area contributed by atoms with Crippen molar-refractivity contribution in [3.05, 3.63) is 59.3 Å². The summed E-state index contributed by atoms with van der Waals surface area (Å²) in [5.41, 5.74) is 0.889. The fraction of sp³-hybridized carbons (Fsp3) is 0.381. The average Bonchev–Trinajstić information content (AvgIpc) is 3.13. The second-order valence-electron chi connectivity index (χ2n) is 7.51. The van der Waals surface area contributed by atoms with Crippen molar-refractivity contribution in [2.75, 3.05) is 26.2 Å². The van der Waals surface area contributed by atoms with Crippen LogP contribution in [-0.2, 0) is 16.8 Å². The quantitative estimate of drug-likeness (QED) is 0.665. The van der Waals surface area contributed by atoms with Crippen LogP contribution in [0.3, 0.4) is 0 Å². The molecule has 6 nitrogen and oxygen atoms in total. The van der Waals surface area contributed by atoms with Crippen molar-refractivity contribution in [3.8, 4) is 10.7 Å². The van der Waals surface area contributed by atoms with Gasteiger partial charge in [0.1, 0.15) is 0 Å². The lowest BCUT2D eigenvalue weighted by Gasteiger charge is -2.36. The van der Waals surface area contributed by atoms with Crippen molar-refractivity contribution in [2.24, 2.45) is 0 Å². The van der Waals surface area contributed by atoms with Gasteiger partial charge >= 0.3 is 0 Å². The summed E-state index contributed by atoms with van der Waals surface area (Å²) >= 11 is 1.60. The predicted molar refractivity (Wildman–Crippen MR) is 107 cm³/mol. The number of rotatable bonds is 5. The van der Waals surface area contributed by atoms with Crippen LogP contribution < -0.4 is 0 Å². The van der Waals surface area contributed by atoms with E-state index in [-0.39, 0.29) is 11.3 Å². The third-order valence-electron chi connectivity index (χ3n) is 5.71. The second-order valence-corrected chi connectivity index (χ2v) is 8.45. The standard InChI is InChI=1S/C21H22N4O2S/c26-20(21(8-9-21)16-5-2-1-3-6-16)25-12-10-24(11-13-25)15-18-22-19(23-27-18)17-7-4-14-28-17/h1-7,14H,8-13,15H2. The van der Waals surface area contributed by atoms with Crippen molar-refractivity contribution >= 4 is 17.2 Å².